The smallest absolute Gasteiger partial charge is 0.339 e. The minimum atomic E-state index is -0.395. The van der Waals surface area contributed by atoms with Crippen molar-refractivity contribution in [3.05, 3.63) is 64.7 Å². The average molecular weight is 265 g/mol. The molecule has 0 aliphatic carbocycles. The molecule has 98 valence electrons. The van der Waals surface area contributed by atoms with Crippen molar-refractivity contribution in [3.8, 4) is 12.0 Å². The van der Waals surface area contributed by atoms with E-state index in [4.69, 9.17) is 14.7 Å². The van der Waals surface area contributed by atoms with Gasteiger partial charge in [-0.15, -0.1) is 5.26 Å². The summed E-state index contributed by atoms with van der Waals surface area (Å²) >= 11 is 0. The zero-order valence-electron chi connectivity index (χ0n) is 10.8. The molecule has 2 aromatic carbocycles. The van der Waals surface area contributed by atoms with Crippen LogP contribution in [0.15, 0.2) is 42.5 Å². The van der Waals surface area contributed by atoms with Crippen molar-refractivity contribution in [1.82, 2.24) is 0 Å². The first-order chi connectivity index (χ1) is 9.70. The molecule has 0 spiro atoms. The Kier molecular flexibility index (Phi) is 2.88. The lowest BCUT2D eigenvalue weighted by atomic mass is 9.98. The van der Waals surface area contributed by atoms with Crippen LogP contribution in [0.3, 0.4) is 0 Å². The Labute approximate surface area is 116 Å². The lowest BCUT2D eigenvalue weighted by Crippen LogP contribution is -2.01. The van der Waals surface area contributed by atoms with Crippen molar-refractivity contribution < 1.29 is 14.3 Å². The number of rotatable bonds is 2. The fourth-order valence-electron chi connectivity index (χ4n) is 2.39. The van der Waals surface area contributed by atoms with Gasteiger partial charge in [0.2, 0.25) is 0 Å². The molecule has 4 heteroatoms. The van der Waals surface area contributed by atoms with Crippen molar-refractivity contribution in [2.75, 3.05) is 0 Å². The van der Waals surface area contributed by atoms with E-state index in [1.165, 1.54) is 0 Å². The van der Waals surface area contributed by atoms with Gasteiger partial charge in [0, 0.05) is 5.56 Å². The van der Waals surface area contributed by atoms with Gasteiger partial charge in [-0.3, -0.25) is 0 Å². The summed E-state index contributed by atoms with van der Waals surface area (Å²) in [5.41, 5.74) is 3.16. The fraction of sp³-hybridized carbons (Fsp3) is 0.125. The molecule has 0 saturated heterocycles. The van der Waals surface area contributed by atoms with E-state index in [0.717, 1.165) is 16.7 Å². The number of benzene rings is 2. The first-order valence-electron chi connectivity index (χ1n) is 6.17. The molecular weight excluding hydrogens is 254 g/mol. The van der Waals surface area contributed by atoms with Gasteiger partial charge in [0.25, 0.3) is 6.26 Å². The molecule has 1 unspecified atom stereocenters. The van der Waals surface area contributed by atoms with Crippen LogP contribution in [-0.4, -0.2) is 5.97 Å². The SMILES string of the molecule is Cc1cc(C2OC(=O)c3ccccc32)ccc1OC#N. The van der Waals surface area contributed by atoms with Gasteiger partial charge in [0.1, 0.15) is 5.75 Å². The van der Waals surface area contributed by atoms with Crippen LogP contribution in [0.2, 0.25) is 0 Å². The molecule has 0 N–H and O–H groups in total. The molecule has 0 fully saturated rings. The van der Waals surface area contributed by atoms with E-state index in [0.29, 0.717) is 11.3 Å². The number of carbonyl (C=O) groups is 1. The highest BCUT2D eigenvalue weighted by atomic mass is 16.5. The van der Waals surface area contributed by atoms with E-state index in [2.05, 4.69) is 0 Å². The molecule has 1 atom stereocenters. The third-order valence-electron chi connectivity index (χ3n) is 3.35. The van der Waals surface area contributed by atoms with E-state index in [1.807, 2.05) is 31.2 Å². The molecule has 1 aliphatic heterocycles. The van der Waals surface area contributed by atoms with Crippen LogP contribution in [0.4, 0.5) is 0 Å². The molecule has 2 aromatic rings. The molecule has 20 heavy (non-hydrogen) atoms. The van der Waals surface area contributed by atoms with Gasteiger partial charge in [-0.2, -0.15) is 0 Å². The zero-order valence-corrected chi connectivity index (χ0v) is 10.8. The summed E-state index contributed by atoms with van der Waals surface area (Å²) in [6, 6.07) is 12.7. The highest BCUT2D eigenvalue weighted by molar-refractivity contribution is 5.94. The number of hydrogen-bond acceptors (Lipinski definition) is 4. The second kappa shape index (κ2) is 4.71. The minimum absolute atomic E-state index is 0.305. The minimum Gasteiger partial charge on any atom is -0.449 e. The van der Waals surface area contributed by atoms with Crippen LogP contribution in [0.1, 0.15) is 33.2 Å². The van der Waals surface area contributed by atoms with Gasteiger partial charge in [-0.25, -0.2) is 4.79 Å². The average Bonchev–Trinajstić information content (AvgIpc) is 2.79. The monoisotopic (exact) mass is 265 g/mol. The normalized spacial score (nSPS) is 16.2. The van der Waals surface area contributed by atoms with Crippen molar-refractivity contribution in [2.45, 2.75) is 13.0 Å². The first-order valence-corrected chi connectivity index (χ1v) is 6.17. The largest absolute Gasteiger partial charge is 0.449 e. The summed E-state index contributed by atoms with van der Waals surface area (Å²) < 4.78 is 10.3. The van der Waals surface area contributed by atoms with Gasteiger partial charge in [-0.1, -0.05) is 24.3 Å². The molecule has 3 rings (SSSR count). The molecule has 0 saturated carbocycles. The van der Waals surface area contributed by atoms with Crippen molar-refractivity contribution in [2.24, 2.45) is 0 Å². The molecule has 0 bridgehead atoms. The van der Waals surface area contributed by atoms with Crippen molar-refractivity contribution in [1.29, 1.82) is 5.26 Å². The number of aryl methyl sites for hydroxylation is 1. The van der Waals surface area contributed by atoms with Crippen LogP contribution in [0, 0.1) is 18.4 Å². The Morgan fingerprint density at radius 2 is 2.05 bits per heavy atom. The number of nitrogens with zero attached hydrogens (tertiary/aromatic N) is 1. The van der Waals surface area contributed by atoms with Crippen LogP contribution in [-0.2, 0) is 4.74 Å². The van der Waals surface area contributed by atoms with Crippen LogP contribution >= 0.6 is 0 Å². The number of hydrogen-bond donors (Lipinski definition) is 0. The topological polar surface area (TPSA) is 59.3 Å². The Balaban J connectivity index is 2.01. The molecule has 1 heterocycles. The summed E-state index contributed by atoms with van der Waals surface area (Å²) in [7, 11) is 0. The number of nitriles is 1. The second-order valence-electron chi connectivity index (χ2n) is 4.59. The number of cyclic esters (lactones) is 1. The second-order valence-corrected chi connectivity index (χ2v) is 4.59. The van der Waals surface area contributed by atoms with E-state index >= 15 is 0 Å². The van der Waals surface area contributed by atoms with Crippen LogP contribution in [0.25, 0.3) is 0 Å². The summed E-state index contributed by atoms with van der Waals surface area (Å²) in [5, 5.41) is 8.55. The van der Waals surface area contributed by atoms with Crippen molar-refractivity contribution >= 4 is 5.97 Å². The fourth-order valence-corrected chi connectivity index (χ4v) is 2.39. The maximum absolute atomic E-state index is 11.8. The molecule has 0 aromatic heterocycles. The molecular formula is C16H11NO3. The standard InChI is InChI=1S/C16H11NO3/c1-10-8-11(6-7-14(10)19-9-17)15-12-4-2-3-5-13(12)16(18)20-15/h2-8,15H,1H3. The number of carbonyl (C=O) groups excluding carboxylic acids is 1. The summed E-state index contributed by atoms with van der Waals surface area (Å²) in [5.74, 6) is 0.203. The maximum Gasteiger partial charge on any atom is 0.339 e. The Hall–Kier alpha value is -2.80. The number of ether oxygens (including phenoxy) is 2. The van der Waals surface area contributed by atoms with E-state index < -0.39 is 6.10 Å². The molecule has 0 radical (unpaired) electrons. The number of fused-ring (bicyclic) bond motifs is 1. The van der Waals surface area contributed by atoms with Gasteiger partial charge in [0.05, 0.1) is 5.56 Å². The molecule has 4 nitrogen and oxygen atoms in total. The van der Waals surface area contributed by atoms with Crippen LogP contribution < -0.4 is 4.74 Å². The predicted molar refractivity (Wildman–Crippen MR) is 71.1 cm³/mol. The van der Waals surface area contributed by atoms with E-state index in [-0.39, 0.29) is 5.97 Å². The van der Waals surface area contributed by atoms with E-state index in [9.17, 15) is 4.79 Å². The number of esters is 1. The van der Waals surface area contributed by atoms with Crippen LogP contribution in [0.5, 0.6) is 5.75 Å². The third-order valence-corrected chi connectivity index (χ3v) is 3.35. The molecule has 1 aliphatic rings. The Morgan fingerprint density at radius 1 is 1.25 bits per heavy atom. The highest BCUT2D eigenvalue weighted by Gasteiger charge is 2.31. The highest BCUT2D eigenvalue weighted by Crippen LogP contribution is 2.36. The van der Waals surface area contributed by atoms with Gasteiger partial charge < -0.3 is 9.47 Å². The van der Waals surface area contributed by atoms with Gasteiger partial charge >= 0.3 is 5.97 Å². The third kappa shape index (κ3) is 1.90. The predicted octanol–water partition coefficient (Wildman–Crippen LogP) is 3.11. The van der Waals surface area contributed by atoms with Gasteiger partial charge in [0.15, 0.2) is 6.10 Å². The van der Waals surface area contributed by atoms with Gasteiger partial charge in [-0.05, 0) is 36.2 Å². The Bertz CT molecular complexity index is 731. The maximum atomic E-state index is 11.8. The lowest BCUT2D eigenvalue weighted by Gasteiger charge is -2.12. The molecule has 0 amide bonds. The Morgan fingerprint density at radius 3 is 2.80 bits per heavy atom. The summed E-state index contributed by atoms with van der Waals surface area (Å²) in [6.45, 7) is 1.85. The summed E-state index contributed by atoms with van der Waals surface area (Å²) in [6.07, 6.45) is 1.26. The first kappa shape index (κ1) is 12.2. The zero-order chi connectivity index (χ0) is 14.1. The van der Waals surface area contributed by atoms with Crippen molar-refractivity contribution in [3.63, 3.8) is 0 Å². The lowest BCUT2D eigenvalue weighted by molar-refractivity contribution is 0.0455. The summed E-state index contributed by atoms with van der Waals surface area (Å²) in [4.78, 5) is 11.8. The van der Waals surface area contributed by atoms with E-state index in [1.54, 1.807) is 24.5 Å². The quantitative estimate of drug-likeness (QED) is 0.618.